The maximum Gasteiger partial charge on any atom is 0.375 e. The van der Waals surface area contributed by atoms with E-state index in [0.717, 1.165) is 16.5 Å². The first-order valence-electron chi connectivity index (χ1n) is 5.79. The molecule has 20 heavy (non-hydrogen) atoms. The lowest BCUT2D eigenvalue weighted by molar-refractivity contribution is 0.0683. The molecule has 0 spiro atoms. The molecule has 2 heterocycles. The summed E-state index contributed by atoms with van der Waals surface area (Å²) in [4.78, 5) is 18.6. The van der Waals surface area contributed by atoms with Crippen molar-refractivity contribution >= 4 is 28.5 Å². The number of rotatable bonds is 3. The maximum atomic E-state index is 10.7. The highest BCUT2D eigenvalue weighted by atomic mass is 35.5. The average molecular weight is 289 g/mol. The summed E-state index contributed by atoms with van der Waals surface area (Å²) in [7, 11) is 0. The average Bonchev–Trinajstić information content (AvgIpc) is 2.87. The first-order chi connectivity index (χ1) is 9.61. The van der Waals surface area contributed by atoms with Gasteiger partial charge in [-0.25, -0.2) is 14.5 Å². The number of pyridine rings is 1. The van der Waals surface area contributed by atoms with Crippen molar-refractivity contribution < 1.29 is 9.90 Å². The van der Waals surface area contributed by atoms with Crippen LogP contribution in [0.2, 0.25) is 5.02 Å². The number of carbonyl (C=O) groups is 1. The van der Waals surface area contributed by atoms with E-state index in [4.69, 9.17) is 16.7 Å². The van der Waals surface area contributed by atoms with E-state index in [1.165, 1.54) is 11.0 Å². The predicted molar refractivity (Wildman–Crippen MR) is 72.8 cm³/mol. The first kappa shape index (κ1) is 12.6. The van der Waals surface area contributed by atoms with Crippen LogP contribution in [0, 0.1) is 0 Å². The molecule has 0 atom stereocenters. The van der Waals surface area contributed by atoms with Crippen molar-refractivity contribution in [3.8, 4) is 0 Å². The molecule has 0 bridgehead atoms. The maximum absolute atomic E-state index is 10.7. The topological polar surface area (TPSA) is 80.9 Å². The zero-order chi connectivity index (χ0) is 14.1. The first-order valence-corrected chi connectivity index (χ1v) is 6.16. The fraction of sp³-hybridized carbons (Fsp3) is 0.0769. The summed E-state index contributed by atoms with van der Waals surface area (Å²) in [5, 5.41) is 14.1. The van der Waals surface area contributed by atoms with E-state index in [-0.39, 0.29) is 5.82 Å². The Bertz CT molecular complexity index is 800. The van der Waals surface area contributed by atoms with Gasteiger partial charge in [0, 0.05) is 11.6 Å². The molecule has 0 unspecified atom stereocenters. The molecule has 1 N–H and O–H groups in total. The van der Waals surface area contributed by atoms with Gasteiger partial charge in [0.15, 0.2) is 0 Å². The van der Waals surface area contributed by atoms with Gasteiger partial charge in [0.05, 0.1) is 17.1 Å². The van der Waals surface area contributed by atoms with Gasteiger partial charge in [-0.05, 0) is 23.8 Å². The van der Waals surface area contributed by atoms with Crippen molar-refractivity contribution in [2.24, 2.45) is 0 Å². The van der Waals surface area contributed by atoms with Crippen LogP contribution >= 0.6 is 11.6 Å². The Labute approximate surface area is 118 Å². The van der Waals surface area contributed by atoms with Crippen molar-refractivity contribution in [3.63, 3.8) is 0 Å². The second kappa shape index (κ2) is 4.90. The molecule has 0 saturated carbocycles. The summed E-state index contributed by atoms with van der Waals surface area (Å²) >= 11 is 5.91. The van der Waals surface area contributed by atoms with Gasteiger partial charge in [0.1, 0.15) is 6.33 Å². The van der Waals surface area contributed by atoms with Crippen LogP contribution in [0.15, 0.2) is 36.8 Å². The number of halogens is 1. The van der Waals surface area contributed by atoms with Crippen LogP contribution in [0.5, 0.6) is 0 Å². The molecule has 100 valence electrons. The van der Waals surface area contributed by atoms with Crippen LogP contribution in [-0.2, 0) is 6.54 Å². The summed E-state index contributed by atoms with van der Waals surface area (Å²) in [6.07, 6.45) is 2.99. The number of nitrogens with zero attached hydrogens (tertiary/aromatic N) is 4. The van der Waals surface area contributed by atoms with Crippen LogP contribution in [0.25, 0.3) is 10.9 Å². The summed E-state index contributed by atoms with van der Waals surface area (Å²) in [5.74, 6) is -1.35. The molecule has 0 radical (unpaired) electrons. The van der Waals surface area contributed by atoms with Crippen LogP contribution in [0.1, 0.15) is 16.2 Å². The second-order valence-electron chi connectivity index (χ2n) is 4.25. The Hall–Kier alpha value is -2.47. The second-order valence-corrected chi connectivity index (χ2v) is 4.69. The van der Waals surface area contributed by atoms with Crippen molar-refractivity contribution in [3.05, 3.63) is 53.2 Å². The van der Waals surface area contributed by atoms with E-state index in [1.807, 2.05) is 24.3 Å². The Morgan fingerprint density at radius 2 is 2.15 bits per heavy atom. The van der Waals surface area contributed by atoms with Gasteiger partial charge in [-0.3, -0.25) is 4.98 Å². The summed E-state index contributed by atoms with van der Waals surface area (Å²) in [6, 6.07) is 7.56. The number of aromatic nitrogens is 4. The molecule has 1 aromatic carbocycles. The third-order valence-corrected chi connectivity index (χ3v) is 2.99. The minimum atomic E-state index is -1.14. The number of aromatic carboxylic acids is 1. The molecule has 0 aliphatic rings. The van der Waals surface area contributed by atoms with E-state index < -0.39 is 5.97 Å². The standard InChI is InChI=1S/C13H9ClN4O2/c14-10-4-9-3-8(1-2-11(9)15-5-10)6-18-7-16-12(17-18)13(19)20/h1-5,7H,6H2,(H,19,20). The Balaban J connectivity index is 1.91. The number of hydrogen-bond acceptors (Lipinski definition) is 4. The van der Waals surface area contributed by atoms with Crippen molar-refractivity contribution in [1.29, 1.82) is 0 Å². The van der Waals surface area contributed by atoms with Crippen LogP contribution in [-0.4, -0.2) is 30.8 Å². The van der Waals surface area contributed by atoms with Gasteiger partial charge in [-0.15, -0.1) is 5.10 Å². The molecule has 7 heteroatoms. The molecule has 3 rings (SSSR count). The number of carboxylic acid groups (broad SMARTS) is 1. The normalized spacial score (nSPS) is 10.8. The fourth-order valence-electron chi connectivity index (χ4n) is 1.91. The molecule has 2 aromatic heterocycles. The highest BCUT2D eigenvalue weighted by molar-refractivity contribution is 6.31. The molecule has 6 nitrogen and oxygen atoms in total. The summed E-state index contributed by atoms with van der Waals surface area (Å²) in [6.45, 7) is 0.433. The number of fused-ring (bicyclic) bond motifs is 1. The number of hydrogen-bond donors (Lipinski definition) is 1. The quantitative estimate of drug-likeness (QED) is 0.799. The Kier molecular flexibility index (Phi) is 3.08. The van der Waals surface area contributed by atoms with Crippen LogP contribution < -0.4 is 0 Å². The van der Waals surface area contributed by atoms with Gasteiger partial charge in [-0.2, -0.15) is 0 Å². The lowest BCUT2D eigenvalue weighted by Gasteiger charge is -2.03. The molecule has 0 saturated heterocycles. The third kappa shape index (κ3) is 2.46. The summed E-state index contributed by atoms with van der Waals surface area (Å²) < 4.78 is 1.47. The SMILES string of the molecule is O=C(O)c1ncn(Cc2ccc3ncc(Cl)cc3c2)n1. The zero-order valence-corrected chi connectivity index (χ0v) is 10.9. The lowest BCUT2D eigenvalue weighted by Crippen LogP contribution is -2.04. The smallest absolute Gasteiger partial charge is 0.375 e. The molecule has 3 aromatic rings. The molecular weight excluding hydrogens is 280 g/mol. The van der Waals surface area contributed by atoms with E-state index >= 15 is 0 Å². The Morgan fingerprint density at radius 1 is 1.30 bits per heavy atom. The van der Waals surface area contributed by atoms with Gasteiger partial charge in [0.2, 0.25) is 0 Å². The van der Waals surface area contributed by atoms with Gasteiger partial charge < -0.3 is 5.11 Å². The highest BCUT2D eigenvalue weighted by Crippen LogP contribution is 2.18. The van der Waals surface area contributed by atoms with Crippen molar-refractivity contribution in [2.45, 2.75) is 6.54 Å². The molecule has 0 aliphatic carbocycles. The van der Waals surface area contributed by atoms with E-state index in [1.54, 1.807) is 6.20 Å². The lowest BCUT2D eigenvalue weighted by atomic mass is 10.1. The van der Waals surface area contributed by atoms with Gasteiger partial charge >= 0.3 is 5.97 Å². The summed E-state index contributed by atoms with van der Waals surface area (Å²) in [5.41, 5.74) is 1.81. The van der Waals surface area contributed by atoms with Crippen molar-refractivity contribution in [1.82, 2.24) is 19.7 Å². The third-order valence-electron chi connectivity index (χ3n) is 2.78. The van der Waals surface area contributed by atoms with Gasteiger partial charge in [-0.1, -0.05) is 17.7 Å². The minimum absolute atomic E-state index is 0.212. The van der Waals surface area contributed by atoms with E-state index in [2.05, 4.69) is 15.1 Å². The minimum Gasteiger partial charge on any atom is -0.475 e. The fourth-order valence-corrected chi connectivity index (χ4v) is 2.07. The van der Waals surface area contributed by atoms with Crippen molar-refractivity contribution in [2.75, 3.05) is 0 Å². The largest absolute Gasteiger partial charge is 0.475 e. The van der Waals surface area contributed by atoms with Crippen LogP contribution in [0.3, 0.4) is 0 Å². The molecular formula is C13H9ClN4O2. The van der Waals surface area contributed by atoms with Crippen LogP contribution in [0.4, 0.5) is 0 Å². The predicted octanol–water partition coefficient (Wildman–Crippen LogP) is 2.23. The molecule has 0 fully saturated rings. The Morgan fingerprint density at radius 3 is 2.90 bits per heavy atom. The van der Waals surface area contributed by atoms with Gasteiger partial charge in [0.25, 0.3) is 5.82 Å². The number of carboxylic acids is 1. The zero-order valence-electron chi connectivity index (χ0n) is 10.2. The monoisotopic (exact) mass is 288 g/mol. The van der Waals surface area contributed by atoms with E-state index in [9.17, 15) is 4.79 Å². The molecule has 0 amide bonds. The molecule has 0 aliphatic heterocycles. The van der Waals surface area contributed by atoms with E-state index in [0.29, 0.717) is 11.6 Å². The highest BCUT2D eigenvalue weighted by Gasteiger charge is 2.09. The number of benzene rings is 1.